The van der Waals surface area contributed by atoms with Gasteiger partial charge in [-0.15, -0.1) is 0 Å². The fourth-order valence-corrected chi connectivity index (χ4v) is 3.10. The molecule has 0 spiro atoms. The number of nitrogens with zero attached hydrogens (tertiary/aromatic N) is 2. The third kappa shape index (κ3) is 4.53. The van der Waals surface area contributed by atoms with Gasteiger partial charge >= 0.3 is 6.18 Å². The van der Waals surface area contributed by atoms with E-state index in [0.29, 0.717) is 12.1 Å². The number of alkyl halides is 3. The van der Waals surface area contributed by atoms with Gasteiger partial charge in [0.25, 0.3) is 0 Å². The predicted octanol–water partition coefficient (Wildman–Crippen LogP) is 3.35. The molecule has 0 saturated carbocycles. The Kier molecular flexibility index (Phi) is 5.15. The van der Waals surface area contributed by atoms with E-state index in [1.165, 1.54) is 12.1 Å². The average molecular weight is 363 g/mol. The molecule has 1 aliphatic rings. The van der Waals surface area contributed by atoms with Crippen molar-refractivity contribution in [3.05, 3.63) is 59.4 Å². The Morgan fingerprint density at radius 3 is 2.65 bits per heavy atom. The fourth-order valence-electron chi connectivity index (χ4n) is 3.10. The molecule has 4 nitrogen and oxygen atoms in total. The molecule has 1 aliphatic heterocycles. The van der Waals surface area contributed by atoms with Gasteiger partial charge < -0.3 is 10.2 Å². The molecular formula is C19H20F3N3O. The van der Waals surface area contributed by atoms with E-state index in [4.69, 9.17) is 0 Å². The number of anilines is 1. The predicted molar refractivity (Wildman–Crippen MR) is 92.9 cm³/mol. The monoisotopic (exact) mass is 363 g/mol. The SMILES string of the molecule is Cc1cncc(N2CC[C@@H](NC(=O)Cc3ccc(C(F)(F)F)cc3)C2)c1. The third-order valence-corrected chi connectivity index (χ3v) is 4.42. The lowest BCUT2D eigenvalue weighted by atomic mass is 10.1. The molecule has 1 atom stereocenters. The number of aromatic nitrogens is 1. The Morgan fingerprint density at radius 2 is 2.00 bits per heavy atom. The normalized spacial score (nSPS) is 17.4. The molecular weight excluding hydrogens is 343 g/mol. The van der Waals surface area contributed by atoms with Gasteiger partial charge in [-0.2, -0.15) is 13.2 Å². The maximum Gasteiger partial charge on any atom is 0.416 e. The van der Waals surface area contributed by atoms with E-state index in [-0.39, 0.29) is 18.4 Å². The number of carbonyl (C=O) groups excluding carboxylic acids is 1. The molecule has 26 heavy (non-hydrogen) atoms. The second-order valence-corrected chi connectivity index (χ2v) is 6.59. The minimum absolute atomic E-state index is 0.0254. The first-order valence-electron chi connectivity index (χ1n) is 8.43. The summed E-state index contributed by atoms with van der Waals surface area (Å²) in [6.45, 7) is 3.51. The van der Waals surface area contributed by atoms with Gasteiger partial charge in [-0.3, -0.25) is 9.78 Å². The Labute approximate surface area is 150 Å². The molecule has 1 aromatic carbocycles. The summed E-state index contributed by atoms with van der Waals surface area (Å²) in [4.78, 5) is 18.5. The van der Waals surface area contributed by atoms with Gasteiger partial charge in [0.05, 0.1) is 23.9 Å². The van der Waals surface area contributed by atoms with Gasteiger partial charge in [0, 0.05) is 25.3 Å². The number of aryl methyl sites for hydroxylation is 1. The maximum absolute atomic E-state index is 12.6. The first-order chi connectivity index (χ1) is 12.3. The van der Waals surface area contributed by atoms with Crippen LogP contribution in [0.25, 0.3) is 0 Å². The van der Waals surface area contributed by atoms with Gasteiger partial charge in [-0.05, 0) is 42.7 Å². The van der Waals surface area contributed by atoms with Crippen LogP contribution in [0.2, 0.25) is 0 Å². The molecule has 1 saturated heterocycles. The summed E-state index contributed by atoms with van der Waals surface area (Å²) < 4.78 is 37.7. The van der Waals surface area contributed by atoms with Crippen molar-refractivity contribution in [1.82, 2.24) is 10.3 Å². The summed E-state index contributed by atoms with van der Waals surface area (Å²) in [7, 11) is 0. The van der Waals surface area contributed by atoms with E-state index in [2.05, 4.69) is 21.3 Å². The van der Waals surface area contributed by atoms with Crippen molar-refractivity contribution in [3.63, 3.8) is 0 Å². The fraction of sp³-hybridized carbons (Fsp3) is 0.368. The standard InChI is InChI=1S/C19H20F3N3O/c1-13-8-17(11-23-10-13)25-7-6-16(12-25)24-18(26)9-14-2-4-15(5-3-14)19(20,21)22/h2-5,8,10-11,16H,6-7,9,12H2,1H3,(H,24,26)/t16-/m1/s1. The highest BCUT2D eigenvalue weighted by Crippen LogP contribution is 2.29. The molecule has 1 amide bonds. The number of nitrogens with one attached hydrogen (secondary N) is 1. The molecule has 0 aliphatic carbocycles. The van der Waals surface area contributed by atoms with Crippen molar-refractivity contribution in [2.75, 3.05) is 18.0 Å². The zero-order valence-electron chi connectivity index (χ0n) is 14.4. The lowest BCUT2D eigenvalue weighted by molar-refractivity contribution is -0.137. The van der Waals surface area contributed by atoms with E-state index in [9.17, 15) is 18.0 Å². The summed E-state index contributed by atoms with van der Waals surface area (Å²) >= 11 is 0. The molecule has 0 bridgehead atoms. The van der Waals surface area contributed by atoms with Crippen LogP contribution in [-0.4, -0.2) is 30.0 Å². The van der Waals surface area contributed by atoms with Crippen molar-refractivity contribution in [1.29, 1.82) is 0 Å². The van der Waals surface area contributed by atoms with Crippen LogP contribution in [0, 0.1) is 6.92 Å². The summed E-state index contributed by atoms with van der Waals surface area (Å²) in [6.07, 6.45) is 0.133. The van der Waals surface area contributed by atoms with E-state index in [0.717, 1.165) is 36.3 Å². The van der Waals surface area contributed by atoms with Crippen LogP contribution >= 0.6 is 0 Å². The van der Waals surface area contributed by atoms with E-state index >= 15 is 0 Å². The van der Waals surface area contributed by atoms with Gasteiger partial charge in [0.2, 0.25) is 5.91 Å². The molecule has 0 radical (unpaired) electrons. The molecule has 7 heteroatoms. The molecule has 1 aromatic heterocycles. The molecule has 2 heterocycles. The highest BCUT2D eigenvalue weighted by Gasteiger charge is 2.30. The maximum atomic E-state index is 12.6. The van der Waals surface area contributed by atoms with Crippen LogP contribution in [0.3, 0.4) is 0 Å². The number of pyridine rings is 1. The average Bonchev–Trinajstić information content (AvgIpc) is 3.03. The summed E-state index contributed by atoms with van der Waals surface area (Å²) in [5.74, 6) is -0.182. The number of rotatable bonds is 4. The molecule has 1 fully saturated rings. The number of benzene rings is 1. The Bertz CT molecular complexity index is 774. The lowest BCUT2D eigenvalue weighted by Crippen LogP contribution is -2.38. The Balaban J connectivity index is 1.53. The van der Waals surface area contributed by atoms with Crippen LogP contribution in [0.5, 0.6) is 0 Å². The number of carbonyl (C=O) groups is 1. The second kappa shape index (κ2) is 7.35. The highest BCUT2D eigenvalue weighted by atomic mass is 19.4. The number of halogens is 3. The number of hydrogen-bond acceptors (Lipinski definition) is 3. The number of amides is 1. The third-order valence-electron chi connectivity index (χ3n) is 4.42. The lowest BCUT2D eigenvalue weighted by Gasteiger charge is -2.19. The van der Waals surface area contributed by atoms with Gasteiger partial charge in [0.1, 0.15) is 0 Å². The summed E-state index contributed by atoms with van der Waals surface area (Å²) in [5, 5.41) is 2.96. The first kappa shape index (κ1) is 18.2. The van der Waals surface area contributed by atoms with Gasteiger partial charge in [-0.25, -0.2) is 0 Å². The topological polar surface area (TPSA) is 45.2 Å². The zero-order valence-corrected chi connectivity index (χ0v) is 14.4. The first-order valence-corrected chi connectivity index (χ1v) is 8.43. The Hall–Kier alpha value is -2.57. The van der Waals surface area contributed by atoms with Crippen molar-refractivity contribution in [2.45, 2.75) is 32.0 Å². The highest BCUT2D eigenvalue weighted by molar-refractivity contribution is 5.79. The van der Waals surface area contributed by atoms with E-state index in [1.807, 2.05) is 6.92 Å². The van der Waals surface area contributed by atoms with E-state index < -0.39 is 11.7 Å². The van der Waals surface area contributed by atoms with Crippen LogP contribution in [0.1, 0.15) is 23.1 Å². The smallest absolute Gasteiger partial charge is 0.368 e. The van der Waals surface area contributed by atoms with Crippen LogP contribution in [0.4, 0.5) is 18.9 Å². The van der Waals surface area contributed by atoms with Crippen LogP contribution < -0.4 is 10.2 Å². The molecule has 3 rings (SSSR count). The molecule has 2 aromatic rings. The largest absolute Gasteiger partial charge is 0.416 e. The quantitative estimate of drug-likeness (QED) is 0.906. The molecule has 0 unspecified atom stereocenters. The van der Waals surface area contributed by atoms with Crippen LogP contribution in [-0.2, 0) is 17.4 Å². The Morgan fingerprint density at radius 1 is 1.27 bits per heavy atom. The summed E-state index contributed by atoms with van der Waals surface area (Å²) in [5.41, 5.74) is 1.97. The second-order valence-electron chi connectivity index (χ2n) is 6.59. The van der Waals surface area contributed by atoms with E-state index in [1.54, 1.807) is 12.4 Å². The van der Waals surface area contributed by atoms with Crippen molar-refractivity contribution >= 4 is 11.6 Å². The van der Waals surface area contributed by atoms with Crippen molar-refractivity contribution in [3.8, 4) is 0 Å². The minimum Gasteiger partial charge on any atom is -0.368 e. The van der Waals surface area contributed by atoms with Gasteiger partial charge in [0.15, 0.2) is 0 Å². The van der Waals surface area contributed by atoms with Gasteiger partial charge in [-0.1, -0.05) is 12.1 Å². The molecule has 138 valence electrons. The van der Waals surface area contributed by atoms with Crippen molar-refractivity contribution < 1.29 is 18.0 Å². The summed E-state index contributed by atoms with van der Waals surface area (Å²) in [6, 6.07) is 6.79. The molecule has 1 N–H and O–H groups in total. The number of hydrogen-bond donors (Lipinski definition) is 1. The minimum atomic E-state index is -4.36. The zero-order chi connectivity index (χ0) is 18.7. The van der Waals surface area contributed by atoms with Crippen LogP contribution in [0.15, 0.2) is 42.7 Å². The van der Waals surface area contributed by atoms with Crippen molar-refractivity contribution in [2.24, 2.45) is 0 Å².